The van der Waals surface area contributed by atoms with Crippen LogP contribution in [0.5, 0.6) is 0 Å². The summed E-state index contributed by atoms with van der Waals surface area (Å²) < 4.78 is 1.56. The standard InChI is InChI=1S/C15H22N4O2/c1-5-7-19(8-6-2)15(21)11-9-10(3)16-13-12(11)14(20)17-18(13)4/h9H,5-8H2,1-4H3,(H,17,20). The van der Waals surface area contributed by atoms with E-state index >= 15 is 0 Å². The Labute approximate surface area is 123 Å². The second kappa shape index (κ2) is 6.11. The first-order valence-electron chi connectivity index (χ1n) is 7.35. The fraction of sp³-hybridized carbons (Fsp3) is 0.533. The fourth-order valence-electron chi connectivity index (χ4n) is 2.58. The van der Waals surface area contributed by atoms with Gasteiger partial charge in [-0.25, -0.2) is 4.98 Å². The third kappa shape index (κ3) is 2.84. The number of aromatic amines is 1. The first-order chi connectivity index (χ1) is 9.99. The lowest BCUT2D eigenvalue weighted by Gasteiger charge is -2.21. The van der Waals surface area contributed by atoms with E-state index in [9.17, 15) is 9.59 Å². The van der Waals surface area contributed by atoms with Gasteiger partial charge in [0.15, 0.2) is 5.65 Å². The van der Waals surface area contributed by atoms with Crippen LogP contribution in [0.2, 0.25) is 0 Å². The molecule has 6 heteroatoms. The van der Waals surface area contributed by atoms with Crippen LogP contribution in [-0.2, 0) is 7.05 Å². The van der Waals surface area contributed by atoms with E-state index in [0.717, 1.165) is 18.5 Å². The summed E-state index contributed by atoms with van der Waals surface area (Å²) in [5.41, 5.74) is 1.43. The smallest absolute Gasteiger partial charge is 0.274 e. The van der Waals surface area contributed by atoms with E-state index in [1.165, 1.54) is 0 Å². The molecule has 2 aromatic rings. The van der Waals surface area contributed by atoms with Crippen molar-refractivity contribution in [3.05, 3.63) is 27.7 Å². The molecule has 0 unspecified atom stereocenters. The number of nitrogens with zero attached hydrogens (tertiary/aromatic N) is 3. The highest BCUT2D eigenvalue weighted by Gasteiger charge is 2.21. The van der Waals surface area contributed by atoms with Gasteiger partial charge >= 0.3 is 0 Å². The molecule has 0 radical (unpaired) electrons. The predicted molar refractivity (Wildman–Crippen MR) is 82.6 cm³/mol. The molecule has 0 saturated carbocycles. The lowest BCUT2D eigenvalue weighted by molar-refractivity contribution is 0.0757. The van der Waals surface area contributed by atoms with Crippen molar-refractivity contribution in [2.75, 3.05) is 13.1 Å². The molecule has 21 heavy (non-hydrogen) atoms. The Hall–Kier alpha value is -2.11. The van der Waals surface area contributed by atoms with Crippen molar-refractivity contribution in [3.63, 3.8) is 0 Å². The molecule has 0 bridgehead atoms. The van der Waals surface area contributed by atoms with Crippen LogP contribution in [0, 0.1) is 6.92 Å². The van der Waals surface area contributed by atoms with E-state index < -0.39 is 0 Å². The molecule has 2 heterocycles. The lowest BCUT2D eigenvalue weighted by Crippen LogP contribution is -2.33. The van der Waals surface area contributed by atoms with Crippen molar-refractivity contribution >= 4 is 16.9 Å². The second-order valence-electron chi connectivity index (χ2n) is 5.30. The van der Waals surface area contributed by atoms with Crippen molar-refractivity contribution in [3.8, 4) is 0 Å². The number of hydrogen-bond donors (Lipinski definition) is 1. The van der Waals surface area contributed by atoms with Crippen molar-refractivity contribution in [2.24, 2.45) is 7.05 Å². The molecule has 2 aromatic heterocycles. The van der Waals surface area contributed by atoms with E-state index in [-0.39, 0.29) is 11.5 Å². The zero-order chi connectivity index (χ0) is 15.6. The van der Waals surface area contributed by atoms with Gasteiger partial charge in [-0.05, 0) is 25.8 Å². The molecule has 0 atom stereocenters. The molecule has 114 valence electrons. The molecule has 0 fully saturated rings. The summed E-state index contributed by atoms with van der Waals surface area (Å²) in [5, 5.41) is 3.05. The third-order valence-electron chi connectivity index (χ3n) is 3.45. The SMILES string of the molecule is CCCN(CCC)C(=O)c1cc(C)nc2c1c(=O)[nH]n2C. The zero-order valence-electron chi connectivity index (χ0n) is 13.1. The van der Waals surface area contributed by atoms with Crippen molar-refractivity contribution in [1.29, 1.82) is 0 Å². The van der Waals surface area contributed by atoms with Crippen molar-refractivity contribution in [2.45, 2.75) is 33.6 Å². The monoisotopic (exact) mass is 290 g/mol. The molecule has 0 aliphatic heterocycles. The lowest BCUT2D eigenvalue weighted by atomic mass is 10.1. The normalized spacial score (nSPS) is 11.0. The van der Waals surface area contributed by atoms with Crippen LogP contribution in [0.3, 0.4) is 0 Å². The van der Waals surface area contributed by atoms with Gasteiger partial charge in [0.2, 0.25) is 0 Å². The Kier molecular flexibility index (Phi) is 4.45. The Bertz CT molecular complexity index is 708. The van der Waals surface area contributed by atoms with Gasteiger partial charge in [-0.1, -0.05) is 13.8 Å². The number of nitrogens with one attached hydrogen (secondary N) is 1. The first-order valence-corrected chi connectivity index (χ1v) is 7.35. The van der Waals surface area contributed by atoms with Gasteiger partial charge in [0, 0.05) is 25.8 Å². The van der Waals surface area contributed by atoms with E-state index in [4.69, 9.17) is 0 Å². The van der Waals surface area contributed by atoms with Gasteiger partial charge in [-0.15, -0.1) is 0 Å². The minimum absolute atomic E-state index is 0.0918. The highest BCUT2D eigenvalue weighted by Crippen LogP contribution is 2.17. The average molecular weight is 290 g/mol. The number of H-pyrrole nitrogens is 1. The average Bonchev–Trinajstić information content (AvgIpc) is 2.72. The van der Waals surface area contributed by atoms with E-state index in [1.54, 1.807) is 22.7 Å². The van der Waals surface area contributed by atoms with Gasteiger partial charge in [0.25, 0.3) is 11.5 Å². The number of rotatable bonds is 5. The minimum Gasteiger partial charge on any atom is -0.339 e. The van der Waals surface area contributed by atoms with Crippen LogP contribution in [-0.4, -0.2) is 38.7 Å². The van der Waals surface area contributed by atoms with Crippen LogP contribution in [0.25, 0.3) is 11.0 Å². The Morgan fingerprint density at radius 3 is 2.52 bits per heavy atom. The Balaban J connectivity index is 2.59. The van der Waals surface area contributed by atoms with Gasteiger partial charge in [0.1, 0.15) is 0 Å². The van der Waals surface area contributed by atoms with Crippen LogP contribution in [0.1, 0.15) is 42.7 Å². The summed E-state index contributed by atoms with van der Waals surface area (Å²) in [6.45, 7) is 7.30. The zero-order valence-corrected chi connectivity index (χ0v) is 13.1. The van der Waals surface area contributed by atoms with Crippen molar-refractivity contribution in [1.82, 2.24) is 19.7 Å². The highest BCUT2D eigenvalue weighted by atomic mass is 16.2. The van der Waals surface area contributed by atoms with Gasteiger partial charge in [0.05, 0.1) is 10.9 Å². The number of aryl methyl sites for hydroxylation is 2. The van der Waals surface area contributed by atoms with Crippen LogP contribution < -0.4 is 5.56 Å². The number of pyridine rings is 1. The third-order valence-corrected chi connectivity index (χ3v) is 3.45. The summed E-state index contributed by atoms with van der Waals surface area (Å²) in [6, 6.07) is 1.71. The van der Waals surface area contributed by atoms with E-state index in [0.29, 0.717) is 29.7 Å². The van der Waals surface area contributed by atoms with Crippen LogP contribution >= 0.6 is 0 Å². The molecular formula is C15H22N4O2. The van der Waals surface area contributed by atoms with Gasteiger partial charge in [-0.2, -0.15) is 0 Å². The summed E-state index contributed by atoms with van der Waals surface area (Å²) in [4.78, 5) is 31.0. The highest BCUT2D eigenvalue weighted by molar-refractivity contribution is 6.05. The summed E-state index contributed by atoms with van der Waals surface area (Å²) in [5.74, 6) is -0.0918. The summed E-state index contributed by atoms with van der Waals surface area (Å²) >= 11 is 0. The summed E-state index contributed by atoms with van der Waals surface area (Å²) in [6.07, 6.45) is 1.79. The fourth-order valence-corrected chi connectivity index (χ4v) is 2.58. The molecule has 6 nitrogen and oxygen atoms in total. The Morgan fingerprint density at radius 2 is 1.95 bits per heavy atom. The van der Waals surface area contributed by atoms with Gasteiger partial charge in [-0.3, -0.25) is 19.4 Å². The summed E-state index contributed by atoms with van der Waals surface area (Å²) in [7, 11) is 1.72. The van der Waals surface area contributed by atoms with Crippen LogP contribution in [0.15, 0.2) is 10.9 Å². The predicted octanol–water partition coefficient (Wildman–Crippen LogP) is 1.83. The number of carbonyl (C=O) groups excluding carboxylic acids is 1. The quantitative estimate of drug-likeness (QED) is 0.913. The Morgan fingerprint density at radius 1 is 1.33 bits per heavy atom. The maximum atomic E-state index is 12.8. The number of fused-ring (bicyclic) bond motifs is 1. The number of carbonyl (C=O) groups is 1. The molecular weight excluding hydrogens is 268 g/mol. The molecule has 1 N–H and O–H groups in total. The largest absolute Gasteiger partial charge is 0.339 e. The molecule has 0 aliphatic carbocycles. The van der Waals surface area contributed by atoms with Crippen molar-refractivity contribution < 1.29 is 4.79 Å². The van der Waals surface area contributed by atoms with Gasteiger partial charge < -0.3 is 4.90 Å². The molecule has 1 amide bonds. The van der Waals surface area contributed by atoms with Crippen LogP contribution in [0.4, 0.5) is 0 Å². The minimum atomic E-state index is -0.267. The van der Waals surface area contributed by atoms with E-state index in [2.05, 4.69) is 10.1 Å². The molecule has 0 saturated heterocycles. The number of aromatic nitrogens is 3. The first kappa shape index (κ1) is 15.3. The molecule has 0 aromatic carbocycles. The topological polar surface area (TPSA) is 71.0 Å². The maximum Gasteiger partial charge on any atom is 0.274 e. The number of hydrogen-bond acceptors (Lipinski definition) is 3. The molecule has 0 spiro atoms. The molecule has 2 rings (SSSR count). The number of amides is 1. The molecule has 0 aliphatic rings. The second-order valence-corrected chi connectivity index (χ2v) is 5.30. The maximum absolute atomic E-state index is 12.8. The van der Waals surface area contributed by atoms with E-state index in [1.807, 2.05) is 20.8 Å².